The average molecular weight is 596 g/mol. The van der Waals surface area contributed by atoms with Gasteiger partial charge in [0.25, 0.3) is 5.56 Å². The largest absolute Gasteiger partial charge is 0.598 e. The van der Waals surface area contributed by atoms with Crippen molar-refractivity contribution >= 4 is 44.5 Å². The summed E-state index contributed by atoms with van der Waals surface area (Å²) >= 11 is 4.47. The molecule has 39 heavy (non-hydrogen) atoms. The van der Waals surface area contributed by atoms with Crippen LogP contribution in [-0.2, 0) is 28.4 Å². The molecule has 0 amide bonds. The van der Waals surface area contributed by atoms with Gasteiger partial charge in [-0.05, 0) is 82.1 Å². The molecule has 3 rings (SSSR count). The van der Waals surface area contributed by atoms with Crippen molar-refractivity contribution in [3.05, 3.63) is 86.5 Å². The minimum atomic E-state index is -3.85. The van der Waals surface area contributed by atoms with Crippen LogP contribution in [0.4, 0.5) is 10.1 Å². The van der Waals surface area contributed by atoms with Crippen molar-refractivity contribution in [2.24, 2.45) is 7.05 Å². The second-order valence-corrected chi connectivity index (χ2v) is 14.5. The minimum absolute atomic E-state index is 0.0571. The number of aromatic nitrogens is 1. The summed E-state index contributed by atoms with van der Waals surface area (Å²) in [5, 5.41) is 0.411. The number of nitrogens with zero attached hydrogens (tertiary/aromatic N) is 1. The molecule has 2 aromatic carbocycles. The predicted molar refractivity (Wildman–Crippen MR) is 154 cm³/mol. The highest BCUT2D eigenvalue weighted by Crippen LogP contribution is 2.35. The number of halogens is 2. The quantitative estimate of drug-likeness (QED) is 0.267. The van der Waals surface area contributed by atoms with Crippen LogP contribution in [0.25, 0.3) is 11.1 Å². The van der Waals surface area contributed by atoms with E-state index in [1.165, 1.54) is 61.1 Å². The molecule has 0 radical (unpaired) electrons. The first-order chi connectivity index (χ1) is 18.0. The summed E-state index contributed by atoms with van der Waals surface area (Å²) in [6.07, 6.45) is 1.49. The van der Waals surface area contributed by atoms with E-state index in [1.807, 2.05) is 0 Å². The average Bonchev–Trinajstić information content (AvgIpc) is 2.85. The molecular formula is C27H31ClFN3O5S2. The Kier molecular flexibility index (Phi) is 9.34. The van der Waals surface area contributed by atoms with Crippen molar-refractivity contribution in [2.45, 2.75) is 45.4 Å². The summed E-state index contributed by atoms with van der Waals surface area (Å²) in [6, 6.07) is 8.98. The molecule has 0 bridgehead atoms. The molecule has 0 aliphatic heterocycles. The maximum absolute atomic E-state index is 15.3. The van der Waals surface area contributed by atoms with Crippen LogP contribution in [0.5, 0.6) is 0 Å². The van der Waals surface area contributed by atoms with Crippen LogP contribution in [0.15, 0.2) is 53.5 Å². The van der Waals surface area contributed by atoms with Gasteiger partial charge in [0, 0.05) is 52.4 Å². The normalized spacial score (nSPS) is 13.7. The molecule has 0 saturated heterocycles. The number of hydrogen-bond acceptors (Lipinski definition) is 6. The third-order valence-electron chi connectivity index (χ3n) is 5.96. The maximum atomic E-state index is 15.3. The van der Waals surface area contributed by atoms with Gasteiger partial charge in [0.2, 0.25) is 10.0 Å². The summed E-state index contributed by atoms with van der Waals surface area (Å²) in [6.45, 7) is 8.51. The summed E-state index contributed by atoms with van der Waals surface area (Å²) in [4.78, 5) is 26.3. The highest BCUT2D eigenvalue weighted by atomic mass is 35.5. The fourth-order valence-corrected chi connectivity index (χ4v) is 5.25. The number of nitrogens with one attached hydrogen (secondary N) is 2. The number of carbonyl (C=O) groups excluding carboxylic acids is 1. The van der Waals surface area contributed by atoms with Gasteiger partial charge in [-0.15, -0.1) is 4.72 Å². The van der Waals surface area contributed by atoms with E-state index in [4.69, 9.17) is 11.6 Å². The smallest absolute Gasteiger partial charge is 0.250 e. The summed E-state index contributed by atoms with van der Waals surface area (Å²) in [5.41, 5.74) is 0.410. The van der Waals surface area contributed by atoms with Gasteiger partial charge < -0.3 is 9.12 Å². The van der Waals surface area contributed by atoms with Crippen LogP contribution < -0.4 is 15.0 Å². The highest BCUT2D eigenvalue weighted by molar-refractivity contribution is 7.92. The van der Waals surface area contributed by atoms with Gasteiger partial charge >= 0.3 is 0 Å². The van der Waals surface area contributed by atoms with E-state index in [0.717, 1.165) is 6.07 Å². The molecule has 0 unspecified atom stereocenters. The number of rotatable bonds is 9. The molecule has 2 N–H and O–H groups in total. The maximum Gasteiger partial charge on any atom is 0.250 e. The Balaban J connectivity index is 2.32. The lowest BCUT2D eigenvalue weighted by Gasteiger charge is -2.27. The van der Waals surface area contributed by atoms with Gasteiger partial charge in [-0.1, -0.05) is 11.6 Å². The van der Waals surface area contributed by atoms with Gasteiger partial charge in [-0.25, -0.2) is 12.8 Å². The van der Waals surface area contributed by atoms with Crippen LogP contribution >= 0.6 is 11.6 Å². The van der Waals surface area contributed by atoms with E-state index in [0.29, 0.717) is 16.1 Å². The summed E-state index contributed by atoms with van der Waals surface area (Å²) in [7, 11) is -2.34. The van der Waals surface area contributed by atoms with E-state index >= 15 is 4.39 Å². The van der Waals surface area contributed by atoms with Crippen molar-refractivity contribution in [2.75, 3.05) is 10.5 Å². The topological polar surface area (TPSA) is 120 Å². The number of pyridine rings is 1. The van der Waals surface area contributed by atoms with E-state index in [9.17, 15) is 22.6 Å². The van der Waals surface area contributed by atoms with E-state index in [2.05, 4.69) is 9.44 Å². The van der Waals surface area contributed by atoms with Crippen molar-refractivity contribution in [1.82, 2.24) is 9.29 Å². The molecule has 1 heterocycles. The lowest BCUT2D eigenvalue weighted by Crippen LogP contribution is -2.41. The number of anilines is 1. The second-order valence-electron chi connectivity index (χ2n) is 10.0. The fourth-order valence-electron chi connectivity index (χ4n) is 3.69. The summed E-state index contributed by atoms with van der Waals surface area (Å²) in [5.74, 6) is -1.78. The SMILES string of the molecule is CCS(=O)(=O)Nc1cc(-c2cn(C)c(=O)cc2[C@@H](C)N[S@@+]([O-])C(C)(C)C)c(C(=O)c2ccc(Cl)cc2)cc1F. The number of aryl methyl sites for hydroxylation is 1. The molecule has 12 heteroatoms. The van der Waals surface area contributed by atoms with Crippen molar-refractivity contribution < 1.29 is 22.2 Å². The number of hydrogen-bond donors (Lipinski definition) is 2. The number of ketones is 1. The molecule has 210 valence electrons. The monoisotopic (exact) mass is 595 g/mol. The molecule has 3 aromatic rings. The van der Waals surface area contributed by atoms with Crippen LogP contribution in [0.1, 0.15) is 62.1 Å². The Morgan fingerprint density at radius 3 is 2.33 bits per heavy atom. The molecular weight excluding hydrogens is 565 g/mol. The number of benzene rings is 2. The van der Waals surface area contributed by atoms with Gasteiger partial charge in [0.15, 0.2) is 5.78 Å². The van der Waals surface area contributed by atoms with Crippen LogP contribution in [0.2, 0.25) is 5.02 Å². The zero-order valence-corrected chi connectivity index (χ0v) is 24.9. The fraction of sp³-hybridized carbons (Fsp3) is 0.333. The molecule has 0 aliphatic rings. The molecule has 0 spiro atoms. The predicted octanol–water partition coefficient (Wildman–Crippen LogP) is 4.95. The Morgan fingerprint density at radius 1 is 1.15 bits per heavy atom. The van der Waals surface area contributed by atoms with Gasteiger partial charge in [-0.3, -0.25) is 14.3 Å². The molecule has 0 saturated carbocycles. The van der Waals surface area contributed by atoms with E-state index in [-0.39, 0.29) is 33.7 Å². The molecule has 8 nitrogen and oxygen atoms in total. The van der Waals surface area contributed by atoms with Crippen molar-refractivity contribution in [3.8, 4) is 11.1 Å². The van der Waals surface area contributed by atoms with E-state index < -0.39 is 43.8 Å². The lowest BCUT2D eigenvalue weighted by molar-refractivity contribution is 0.103. The Labute approximate surface area is 236 Å². The first kappa shape index (κ1) is 30.8. The third-order valence-corrected chi connectivity index (χ3v) is 9.18. The molecule has 2 atom stereocenters. The van der Waals surface area contributed by atoms with Gasteiger partial charge in [-0.2, -0.15) is 0 Å². The van der Waals surface area contributed by atoms with Crippen molar-refractivity contribution in [1.29, 1.82) is 0 Å². The first-order valence-electron chi connectivity index (χ1n) is 12.1. The lowest BCUT2D eigenvalue weighted by atomic mass is 9.90. The molecule has 0 aliphatic carbocycles. The van der Waals surface area contributed by atoms with Crippen LogP contribution in [0.3, 0.4) is 0 Å². The molecule has 0 fully saturated rings. The Hall–Kier alpha value is -2.70. The third kappa shape index (κ3) is 7.29. The van der Waals surface area contributed by atoms with Crippen molar-refractivity contribution in [3.63, 3.8) is 0 Å². The van der Waals surface area contributed by atoms with Crippen LogP contribution in [-0.4, -0.2) is 33.8 Å². The Bertz CT molecular complexity index is 1550. The molecule has 1 aromatic heterocycles. The number of sulfonamides is 1. The first-order valence-corrected chi connectivity index (χ1v) is 15.3. The Morgan fingerprint density at radius 2 is 1.77 bits per heavy atom. The highest BCUT2D eigenvalue weighted by Gasteiger charge is 2.30. The summed E-state index contributed by atoms with van der Waals surface area (Å²) < 4.78 is 58.6. The second kappa shape index (κ2) is 11.8. The minimum Gasteiger partial charge on any atom is -0.598 e. The zero-order chi connectivity index (χ0) is 29.3. The standard InChI is InChI=1S/C27H31ClFN3O5S2/c1-7-39(36,37)31-24-13-20(21(12-23(24)29)26(34)17-8-10-18(28)11-9-17)22-15-32(6)25(33)14-19(22)16(2)30-38(35)27(3,4)5/h8-16,30-31H,7H2,1-6H3/t16-,38+/m1/s1. The van der Waals surface area contributed by atoms with Gasteiger partial charge in [0.1, 0.15) is 10.6 Å². The van der Waals surface area contributed by atoms with Gasteiger partial charge in [0.05, 0.1) is 17.5 Å². The number of carbonyl (C=O) groups is 1. The zero-order valence-electron chi connectivity index (χ0n) is 22.5. The van der Waals surface area contributed by atoms with E-state index in [1.54, 1.807) is 27.7 Å². The van der Waals surface area contributed by atoms with Crippen LogP contribution in [0, 0.1) is 5.82 Å².